The molecule has 0 aromatic rings. The van der Waals surface area contributed by atoms with Crippen LogP contribution in [0.15, 0.2) is 72.9 Å². The maximum absolute atomic E-state index is 11.4. The van der Waals surface area contributed by atoms with Crippen LogP contribution in [0.4, 0.5) is 0 Å². The summed E-state index contributed by atoms with van der Waals surface area (Å²) < 4.78 is 4.82. The first-order chi connectivity index (χ1) is 14.2. The first kappa shape index (κ1) is 26.8. The number of hydrogen-bond acceptors (Lipinski definition) is 4. The van der Waals surface area contributed by atoms with Gasteiger partial charge in [-0.25, -0.2) is 0 Å². The zero-order valence-corrected chi connectivity index (χ0v) is 17.8. The molecule has 0 saturated carbocycles. The molecule has 0 aliphatic rings. The molecule has 0 aromatic carbocycles. The van der Waals surface area contributed by atoms with E-state index in [1.54, 1.807) is 0 Å². The predicted octanol–water partition coefficient (Wildman–Crippen LogP) is 5.36. The smallest absolute Gasteiger partial charge is 0.306 e. The largest absolute Gasteiger partial charge is 0.463 e. The second-order valence-corrected chi connectivity index (χ2v) is 6.47. The molecule has 0 unspecified atom stereocenters. The molecule has 0 fully saturated rings. The number of hydrogen-bond donors (Lipinski definition) is 2. The summed E-state index contributed by atoms with van der Waals surface area (Å²) in [5, 5.41) is 17.7. The Morgan fingerprint density at radius 2 is 1.17 bits per heavy atom. The number of carbonyl (C=O) groups is 1. The van der Waals surface area contributed by atoms with E-state index >= 15 is 0 Å². The van der Waals surface area contributed by atoms with E-state index < -0.39 is 12.7 Å². The van der Waals surface area contributed by atoms with Crippen LogP contribution < -0.4 is 0 Å². The Morgan fingerprint density at radius 3 is 1.59 bits per heavy atom. The van der Waals surface area contributed by atoms with Crippen LogP contribution in [0.3, 0.4) is 0 Å². The van der Waals surface area contributed by atoms with E-state index in [0.717, 1.165) is 38.5 Å². The average molecular weight is 403 g/mol. The summed E-state index contributed by atoms with van der Waals surface area (Å²) >= 11 is 0. The molecule has 0 heterocycles. The molecule has 2 N–H and O–H groups in total. The number of esters is 1. The van der Waals surface area contributed by atoms with E-state index in [4.69, 9.17) is 14.9 Å². The third-order valence-corrected chi connectivity index (χ3v) is 3.76. The molecular formula is C25H38O4. The Labute approximate surface area is 176 Å². The van der Waals surface area contributed by atoms with Gasteiger partial charge in [-0.3, -0.25) is 4.79 Å². The Balaban J connectivity index is 3.58. The number of ether oxygens (including phenoxy) is 1. The van der Waals surface area contributed by atoms with Crippen molar-refractivity contribution in [1.82, 2.24) is 0 Å². The van der Waals surface area contributed by atoms with Crippen LogP contribution in [0.2, 0.25) is 0 Å². The molecular weight excluding hydrogens is 364 g/mol. The Kier molecular flexibility index (Phi) is 20.5. The van der Waals surface area contributed by atoms with Crippen molar-refractivity contribution in [1.29, 1.82) is 0 Å². The lowest BCUT2D eigenvalue weighted by Crippen LogP contribution is -2.21. The van der Waals surface area contributed by atoms with Gasteiger partial charge in [0.25, 0.3) is 0 Å². The summed E-state index contributed by atoms with van der Waals surface area (Å²) in [6.45, 7) is 1.59. The Bertz CT molecular complexity index is 553. The highest BCUT2D eigenvalue weighted by atomic mass is 16.5. The highest BCUT2D eigenvalue weighted by Gasteiger charge is 2.06. The van der Waals surface area contributed by atoms with Crippen LogP contribution in [-0.2, 0) is 9.53 Å². The molecule has 0 aromatic heterocycles. The topological polar surface area (TPSA) is 66.8 Å². The average Bonchev–Trinajstić information content (AvgIpc) is 2.73. The minimum atomic E-state index is -0.996. The lowest BCUT2D eigenvalue weighted by Gasteiger charge is -2.07. The standard InChI is InChI=1S/C25H38O4/c1-2-3-4-5-6-7-8-9-10-11-12-13-14-15-16-17-18-19-20-21-25(28)29-23-24(27)22-26/h3-4,6-7,9-10,12-13,15-16,18-19,24,26-27H,2,5,8,11,14,17,20-23H2,1H3/b4-3-,7-6-,10-9-,13-12-,16-15-,19-18-/t24-/m0/s1. The van der Waals surface area contributed by atoms with Gasteiger partial charge in [0, 0.05) is 6.42 Å². The van der Waals surface area contributed by atoms with Crippen molar-refractivity contribution in [3.05, 3.63) is 72.9 Å². The first-order valence-corrected chi connectivity index (χ1v) is 10.5. The zero-order valence-electron chi connectivity index (χ0n) is 17.8. The molecule has 0 bridgehead atoms. The number of aliphatic hydroxyl groups excluding tert-OH is 2. The molecule has 0 rings (SSSR count). The van der Waals surface area contributed by atoms with E-state index in [1.807, 2.05) is 12.2 Å². The molecule has 4 nitrogen and oxygen atoms in total. The normalized spacial score (nSPS) is 13.9. The van der Waals surface area contributed by atoms with Gasteiger partial charge in [0.15, 0.2) is 0 Å². The molecule has 0 spiro atoms. The van der Waals surface area contributed by atoms with Crippen molar-refractivity contribution < 1.29 is 19.7 Å². The number of rotatable bonds is 17. The first-order valence-electron chi connectivity index (χ1n) is 10.5. The fraction of sp³-hybridized carbons (Fsp3) is 0.480. The minimum Gasteiger partial charge on any atom is -0.463 e. The molecule has 0 aliphatic carbocycles. The minimum absolute atomic E-state index is 0.154. The van der Waals surface area contributed by atoms with Crippen LogP contribution in [0, 0.1) is 0 Å². The van der Waals surface area contributed by atoms with E-state index in [9.17, 15) is 4.79 Å². The zero-order chi connectivity index (χ0) is 21.4. The summed E-state index contributed by atoms with van der Waals surface area (Å²) in [6, 6.07) is 0. The van der Waals surface area contributed by atoms with E-state index in [1.165, 1.54) is 0 Å². The number of allylic oxidation sites excluding steroid dienone is 12. The van der Waals surface area contributed by atoms with E-state index in [2.05, 4.69) is 67.7 Å². The lowest BCUT2D eigenvalue weighted by molar-refractivity contribution is -0.147. The second kappa shape index (κ2) is 22.1. The van der Waals surface area contributed by atoms with Crippen LogP contribution in [0.1, 0.15) is 58.3 Å². The summed E-state index contributed by atoms with van der Waals surface area (Å²) in [5.41, 5.74) is 0. The molecule has 0 aliphatic heterocycles. The lowest BCUT2D eigenvalue weighted by atomic mass is 10.2. The van der Waals surface area contributed by atoms with Crippen molar-refractivity contribution in [2.75, 3.05) is 13.2 Å². The van der Waals surface area contributed by atoms with Gasteiger partial charge in [0.05, 0.1) is 6.61 Å². The van der Waals surface area contributed by atoms with Crippen molar-refractivity contribution in [3.8, 4) is 0 Å². The van der Waals surface area contributed by atoms with Gasteiger partial charge in [-0.15, -0.1) is 0 Å². The third kappa shape index (κ3) is 22.0. The maximum atomic E-state index is 11.4. The maximum Gasteiger partial charge on any atom is 0.306 e. The van der Waals surface area contributed by atoms with Crippen LogP contribution in [0.25, 0.3) is 0 Å². The van der Waals surface area contributed by atoms with Gasteiger partial charge in [-0.2, -0.15) is 0 Å². The van der Waals surface area contributed by atoms with Crippen molar-refractivity contribution in [2.45, 2.75) is 64.4 Å². The van der Waals surface area contributed by atoms with Gasteiger partial charge >= 0.3 is 5.97 Å². The molecule has 4 heteroatoms. The molecule has 29 heavy (non-hydrogen) atoms. The Morgan fingerprint density at radius 1 is 0.759 bits per heavy atom. The quantitative estimate of drug-likeness (QED) is 0.254. The predicted molar refractivity (Wildman–Crippen MR) is 122 cm³/mol. The summed E-state index contributed by atoms with van der Waals surface area (Å²) in [4.78, 5) is 11.4. The van der Waals surface area contributed by atoms with Gasteiger partial charge in [0.1, 0.15) is 12.7 Å². The highest BCUT2D eigenvalue weighted by Crippen LogP contribution is 1.99. The summed E-state index contributed by atoms with van der Waals surface area (Å²) in [7, 11) is 0. The van der Waals surface area contributed by atoms with Crippen molar-refractivity contribution in [2.24, 2.45) is 0 Å². The van der Waals surface area contributed by atoms with Gasteiger partial charge in [0.2, 0.25) is 0 Å². The Hall–Kier alpha value is -2.17. The SMILES string of the molecule is CC/C=C\C/C=C\C/C=C\C/C=C\C/C=C\C/C=C\CCC(=O)OC[C@@H](O)CO. The molecule has 0 saturated heterocycles. The van der Waals surface area contributed by atoms with Crippen LogP contribution in [0.5, 0.6) is 0 Å². The molecule has 162 valence electrons. The number of carbonyl (C=O) groups excluding carboxylic acids is 1. The van der Waals surface area contributed by atoms with Crippen LogP contribution in [-0.4, -0.2) is 35.5 Å². The molecule has 0 radical (unpaired) electrons. The van der Waals surface area contributed by atoms with Crippen molar-refractivity contribution >= 4 is 5.97 Å². The van der Waals surface area contributed by atoms with Gasteiger partial charge in [-0.05, 0) is 44.9 Å². The van der Waals surface area contributed by atoms with Gasteiger partial charge in [-0.1, -0.05) is 79.8 Å². The van der Waals surface area contributed by atoms with E-state index in [0.29, 0.717) is 6.42 Å². The summed E-state index contributed by atoms with van der Waals surface area (Å²) in [6.07, 6.45) is 31.4. The second-order valence-electron chi connectivity index (χ2n) is 6.47. The van der Waals surface area contributed by atoms with Crippen LogP contribution >= 0.6 is 0 Å². The number of aliphatic hydroxyl groups is 2. The van der Waals surface area contributed by atoms with E-state index in [-0.39, 0.29) is 19.0 Å². The summed E-state index contributed by atoms with van der Waals surface area (Å²) in [5.74, 6) is -0.364. The van der Waals surface area contributed by atoms with Crippen molar-refractivity contribution in [3.63, 3.8) is 0 Å². The monoisotopic (exact) mass is 402 g/mol. The molecule has 1 atom stereocenters. The fourth-order valence-electron chi connectivity index (χ4n) is 2.15. The highest BCUT2D eigenvalue weighted by molar-refractivity contribution is 5.69. The van der Waals surface area contributed by atoms with Gasteiger partial charge < -0.3 is 14.9 Å². The molecule has 0 amide bonds. The third-order valence-electron chi connectivity index (χ3n) is 3.76. The fourth-order valence-corrected chi connectivity index (χ4v) is 2.15.